The molecule has 0 spiro atoms. The van der Waals surface area contributed by atoms with Gasteiger partial charge in [-0.2, -0.15) is 5.26 Å². The lowest BCUT2D eigenvalue weighted by molar-refractivity contribution is -0.133. The van der Waals surface area contributed by atoms with Crippen LogP contribution in [0, 0.1) is 11.3 Å². The molecule has 0 radical (unpaired) electrons. The van der Waals surface area contributed by atoms with E-state index in [4.69, 9.17) is 4.74 Å². The molecule has 0 N–H and O–H groups in total. The molecular weight excluding hydrogens is 304 g/mol. The molecule has 8 heteroatoms. The molecule has 5 heterocycles. The van der Waals surface area contributed by atoms with E-state index in [2.05, 4.69) is 15.1 Å². The first-order valence-corrected chi connectivity index (χ1v) is 7.85. The van der Waals surface area contributed by atoms with Crippen molar-refractivity contribution in [3.8, 4) is 6.07 Å². The van der Waals surface area contributed by atoms with E-state index in [1.807, 2.05) is 11.0 Å². The first kappa shape index (κ1) is 14.6. The van der Waals surface area contributed by atoms with Crippen LogP contribution in [0.5, 0.6) is 0 Å². The highest BCUT2D eigenvalue weighted by Gasteiger charge is 2.39. The number of piperidine rings is 2. The molecule has 4 aliphatic heterocycles. The van der Waals surface area contributed by atoms with Gasteiger partial charge < -0.3 is 14.5 Å². The van der Waals surface area contributed by atoms with E-state index in [9.17, 15) is 14.0 Å². The zero-order valence-corrected chi connectivity index (χ0v) is 12.6. The van der Waals surface area contributed by atoms with E-state index >= 15 is 0 Å². The first-order chi connectivity index (χ1) is 11.0. The number of anilines is 2. The number of hydrogen-bond acceptors (Lipinski definition) is 6. The number of morpholine rings is 1. The summed E-state index contributed by atoms with van der Waals surface area (Å²) in [4.78, 5) is 3.91. The highest BCUT2D eigenvalue weighted by atomic mass is 19.3. The SMILES string of the molecule is N#Cc1nnc(N2CC3CC(C2)O3)cc1N1CCC(F)(F)CC1. The molecule has 1 aromatic rings. The van der Waals surface area contributed by atoms with Crippen molar-refractivity contribution in [2.75, 3.05) is 36.0 Å². The van der Waals surface area contributed by atoms with Crippen molar-refractivity contribution in [1.82, 2.24) is 10.2 Å². The maximum absolute atomic E-state index is 13.4. The van der Waals surface area contributed by atoms with E-state index < -0.39 is 5.92 Å². The van der Waals surface area contributed by atoms with Gasteiger partial charge in [0.25, 0.3) is 5.92 Å². The molecular formula is C15H17F2N5O. The van der Waals surface area contributed by atoms with Crippen molar-refractivity contribution in [3.63, 3.8) is 0 Å². The Morgan fingerprint density at radius 1 is 1.17 bits per heavy atom. The van der Waals surface area contributed by atoms with Crippen LogP contribution in [-0.2, 0) is 4.74 Å². The van der Waals surface area contributed by atoms with E-state index in [0.717, 1.165) is 19.5 Å². The van der Waals surface area contributed by atoms with Gasteiger partial charge in [-0.1, -0.05) is 0 Å². The summed E-state index contributed by atoms with van der Waals surface area (Å²) in [6.45, 7) is 1.96. The largest absolute Gasteiger partial charge is 0.371 e. The topological polar surface area (TPSA) is 65.3 Å². The molecule has 2 atom stereocenters. The van der Waals surface area contributed by atoms with Gasteiger partial charge in [0.05, 0.1) is 17.9 Å². The van der Waals surface area contributed by atoms with Gasteiger partial charge in [0.1, 0.15) is 6.07 Å². The highest BCUT2D eigenvalue weighted by molar-refractivity contribution is 5.61. The Morgan fingerprint density at radius 3 is 2.43 bits per heavy atom. The van der Waals surface area contributed by atoms with Crippen LogP contribution in [0.2, 0.25) is 0 Å². The molecule has 0 aliphatic carbocycles. The fourth-order valence-corrected chi connectivity index (χ4v) is 3.46. The third-order valence-corrected chi connectivity index (χ3v) is 4.79. The van der Waals surface area contributed by atoms with Crippen LogP contribution in [0.25, 0.3) is 0 Å². The number of aromatic nitrogens is 2. The molecule has 2 unspecified atom stereocenters. The second-order valence-corrected chi connectivity index (χ2v) is 6.41. The number of ether oxygens (including phenoxy) is 1. The summed E-state index contributed by atoms with van der Waals surface area (Å²) in [6.07, 6.45) is 1.16. The Kier molecular flexibility index (Phi) is 3.34. The third-order valence-electron chi connectivity index (χ3n) is 4.79. The lowest BCUT2D eigenvalue weighted by Crippen LogP contribution is -2.57. The molecule has 0 saturated carbocycles. The molecule has 2 bridgehead atoms. The summed E-state index contributed by atoms with van der Waals surface area (Å²) in [6, 6.07) is 3.82. The number of hydrogen-bond donors (Lipinski definition) is 0. The van der Waals surface area contributed by atoms with Crippen molar-refractivity contribution >= 4 is 11.5 Å². The number of halogens is 2. The van der Waals surface area contributed by atoms with Gasteiger partial charge in [0.2, 0.25) is 0 Å². The van der Waals surface area contributed by atoms with Crippen LogP contribution in [0.15, 0.2) is 6.07 Å². The predicted octanol–water partition coefficient (Wildman–Crippen LogP) is 1.56. The van der Waals surface area contributed by atoms with Gasteiger partial charge in [0, 0.05) is 51.5 Å². The summed E-state index contributed by atoms with van der Waals surface area (Å²) in [7, 11) is 0. The molecule has 4 aliphatic rings. The van der Waals surface area contributed by atoms with Gasteiger partial charge in [0.15, 0.2) is 11.5 Å². The first-order valence-electron chi connectivity index (χ1n) is 7.85. The molecule has 4 saturated heterocycles. The Balaban J connectivity index is 1.58. The van der Waals surface area contributed by atoms with Crippen molar-refractivity contribution < 1.29 is 13.5 Å². The van der Waals surface area contributed by atoms with E-state index in [-0.39, 0.29) is 43.8 Å². The van der Waals surface area contributed by atoms with Gasteiger partial charge in [-0.3, -0.25) is 0 Å². The number of rotatable bonds is 2. The van der Waals surface area contributed by atoms with E-state index in [1.54, 1.807) is 6.07 Å². The second-order valence-electron chi connectivity index (χ2n) is 6.41. The van der Waals surface area contributed by atoms with Gasteiger partial charge in [-0.15, -0.1) is 10.2 Å². The number of nitriles is 1. The average Bonchev–Trinajstić information content (AvgIpc) is 2.54. The molecule has 6 nitrogen and oxygen atoms in total. The smallest absolute Gasteiger partial charge is 0.251 e. The number of alkyl halides is 2. The highest BCUT2D eigenvalue weighted by Crippen LogP contribution is 2.34. The fourth-order valence-electron chi connectivity index (χ4n) is 3.46. The number of fused-ring (bicyclic) bond motifs is 2. The van der Waals surface area contributed by atoms with Crippen LogP contribution >= 0.6 is 0 Å². The van der Waals surface area contributed by atoms with Crippen LogP contribution in [0.3, 0.4) is 0 Å². The minimum absolute atomic E-state index is 0.192. The lowest BCUT2D eigenvalue weighted by atomic mass is 9.99. The summed E-state index contributed by atoms with van der Waals surface area (Å²) in [5.41, 5.74) is 0.797. The summed E-state index contributed by atoms with van der Waals surface area (Å²) < 4.78 is 32.3. The molecule has 4 fully saturated rings. The number of nitrogens with zero attached hydrogens (tertiary/aromatic N) is 5. The fraction of sp³-hybridized carbons (Fsp3) is 0.667. The second kappa shape index (κ2) is 5.27. The summed E-state index contributed by atoms with van der Waals surface area (Å²) in [5.74, 6) is -1.92. The Hall–Kier alpha value is -2.01. The van der Waals surface area contributed by atoms with Crippen molar-refractivity contribution in [3.05, 3.63) is 11.8 Å². The monoisotopic (exact) mass is 321 g/mol. The Bertz CT molecular complexity index is 636. The average molecular weight is 321 g/mol. The van der Waals surface area contributed by atoms with Crippen LogP contribution in [-0.4, -0.2) is 54.5 Å². The predicted molar refractivity (Wildman–Crippen MR) is 78.6 cm³/mol. The van der Waals surface area contributed by atoms with Crippen LogP contribution < -0.4 is 9.80 Å². The van der Waals surface area contributed by atoms with E-state index in [0.29, 0.717) is 11.5 Å². The van der Waals surface area contributed by atoms with Crippen molar-refractivity contribution in [2.45, 2.75) is 37.4 Å². The minimum atomic E-state index is -2.61. The third kappa shape index (κ3) is 2.70. The quantitative estimate of drug-likeness (QED) is 0.824. The van der Waals surface area contributed by atoms with Crippen LogP contribution in [0.4, 0.5) is 20.3 Å². The zero-order valence-electron chi connectivity index (χ0n) is 12.6. The standard InChI is InChI=1S/C15H17F2N5O/c16-15(17)1-3-21(4-2-15)13-6-14(20-19-12(13)7-18)22-8-10-5-11(9-22)23-10/h6,10-11H,1-5,8-9H2. The molecule has 0 amide bonds. The van der Waals surface area contributed by atoms with Crippen molar-refractivity contribution in [1.29, 1.82) is 5.26 Å². The minimum Gasteiger partial charge on any atom is -0.371 e. The summed E-state index contributed by atoms with van der Waals surface area (Å²) in [5, 5.41) is 17.4. The zero-order chi connectivity index (χ0) is 16.0. The van der Waals surface area contributed by atoms with Gasteiger partial charge in [-0.25, -0.2) is 8.78 Å². The summed E-state index contributed by atoms with van der Waals surface area (Å²) >= 11 is 0. The van der Waals surface area contributed by atoms with Gasteiger partial charge >= 0.3 is 0 Å². The molecule has 5 rings (SSSR count). The van der Waals surface area contributed by atoms with Crippen LogP contribution in [0.1, 0.15) is 25.0 Å². The van der Waals surface area contributed by atoms with E-state index in [1.165, 1.54) is 0 Å². The molecule has 1 aromatic heterocycles. The maximum Gasteiger partial charge on any atom is 0.251 e. The van der Waals surface area contributed by atoms with Crippen molar-refractivity contribution in [2.24, 2.45) is 0 Å². The Labute approximate surface area is 132 Å². The molecule has 0 aromatic carbocycles. The van der Waals surface area contributed by atoms with Gasteiger partial charge in [-0.05, 0) is 0 Å². The maximum atomic E-state index is 13.4. The Morgan fingerprint density at radius 2 is 1.83 bits per heavy atom. The lowest BCUT2D eigenvalue weighted by Gasteiger charge is -2.47. The molecule has 122 valence electrons. The molecule has 23 heavy (non-hydrogen) atoms. The normalized spacial score (nSPS) is 28.9.